The van der Waals surface area contributed by atoms with Crippen LogP contribution in [-0.4, -0.2) is 35.1 Å². The number of aromatic nitrogens is 2. The van der Waals surface area contributed by atoms with Crippen LogP contribution in [0.25, 0.3) is 0 Å². The molecule has 0 unspecified atom stereocenters. The molecule has 0 bridgehead atoms. The van der Waals surface area contributed by atoms with Gasteiger partial charge in [0.2, 0.25) is 0 Å². The summed E-state index contributed by atoms with van der Waals surface area (Å²) in [5.74, 6) is -0.552. The van der Waals surface area contributed by atoms with Crippen molar-refractivity contribution in [2.24, 2.45) is 5.73 Å². The van der Waals surface area contributed by atoms with E-state index in [1.165, 1.54) is 13.4 Å². The Balaban J connectivity index is 2.64. The van der Waals surface area contributed by atoms with Gasteiger partial charge in [-0.2, -0.15) is 0 Å². The summed E-state index contributed by atoms with van der Waals surface area (Å²) in [6.45, 7) is 0. The zero-order valence-electron chi connectivity index (χ0n) is 8.19. The summed E-state index contributed by atoms with van der Waals surface area (Å²) in [5.41, 5.74) is 5.64. The summed E-state index contributed by atoms with van der Waals surface area (Å²) >= 11 is 0. The number of hydrogen-bond acceptors (Lipinski definition) is 4. The average molecular weight is 212 g/mol. The molecule has 0 aliphatic carbocycles. The molecule has 0 saturated heterocycles. The van der Waals surface area contributed by atoms with Crippen molar-refractivity contribution in [1.29, 1.82) is 0 Å². The third kappa shape index (κ3) is 3.29. The molecular weight excluding hydrogens is 200 g/mol. The first-order valence-corrected chi connectivity index (χ1v) is 4.24. The van der Waals surface area contributed by atoms with Gasteiger partial charge in [0.05, 0.1) is 13.4 Å². The lowest BCUT2D eigenvalue weighted by Gasteiger charge is -2.13. The molecule has 2 amide bonds. The number of nitrogens with two attached hydrogens (primary N) is 1. The quantitative estimate of drug-likeness (QED) is 0.565. The summed E-state index contributed by atoms with van der Waals surface area (Å²) in [4.78, 5) is 28.5. The minimum absolute atomic E-state index is 0.260. The fourth-order valence-electron chi connectivity index (χ4n) is 1.12. The Morgan fingerprint density at radius 1 is 1.73 bits per heavy atom. The van der Waals surface area contributed by atoms with E-state index in [0.29, 0.717) is 5.69 Å². The molecule has 1 aromatic heterocycles. The number of rotatable bonds is 4. The maximum atomic E-state index is 11.2. The van der Waals surface area contributed by atoms with Gasteiger partial charge in [0.25, 0.3) is 0 Å². The monoisotopic (exact) mass is 212 g/mol. The number of imidazole rings is 1. The van der Waals surface area contributed by atoms with E-state index in [9.17, 15) is 9.59 Å². The molecule has 1 rings (SSSR count). The molecule has 7 nitrogen and oxygen atoms in total. The van der Waals surface area contributed by atoms with E-state index in [0.717, 1.165) is 0 Å². The Labute approximate surface area is 86.0 Å². The average Bonchev–Trinajstić information content (AvgIpc) is 2.67. The number of esters is 1. The Bertz CT molecular complexity index is 336. The van der Waals surface area contributed by atoms with Crippen molar-refractivity contribution in [3.8, 4) is 0 Å². The zero-order chi connectivity index (χ0) is 11.3. The lowest BCUT2D eigenvalue weighted by atomic mass is 10.1. The third-order valence-electron chi connectivity index (χ3n) is 1.78. The number of ether oxygens (including phenoxy) is 1. The highest BCUT2D eigenvalue weighted by Gasteiger charge is 2.21. The SMILES string of the molecule is COC(=O)[C@H](Cc1cnc[nH]1)NC(N)=O. The van der Waals surface area contributed by atoms with Crippen LogP contribution in [-0.2, 0) is 16.0 Å². The van der Waals surface area contributed by atoms with Crippen molar-refractivity contribution < 1.29 is 14.3 Å². The van der Waals surface area contributed by atoms with E-state index in [-0.39, 0.29) is 6.42 Å². The number of methoxy groups -OCH3 is 1. The summed E-state index contributed by atoms with van der Waals surface area (Å²) in [7, 11) is 1.24. The molecule has 4 N–H and O–H groups in total. The van der Waals surface area contributed by atoms with Crippen molar-refractivity contribution in [3.05, 3.63) is 18.2 Å². The number of H-pyrrole nitrogens is 1. The fraction of sp³-hybridized carbons (Fsp3) is 0.375. The van der Waals surface area contributed by atoms with Gasteiger partial charge in [-0.3, -0.25) is 0 Å². The molecule has 0 radical (unpaired) electrons. The molecule has 1 atom stereocenters. The normalized spacial score (nSPS) is 11.8. The number of urea groups is 1. The Morgan fingerprint density at radius 2 is 2.47 bits per heavy atom. The molecule has 0 aliphatic heterocycles. The van der Waals surface area contributed by atoms with Crippen molar-refractivity contribution in [1.82, 2.24) is 15.3 Å². The van der Waals surface area contributed by atoms with Crippen LogP contribution in [0, 0.1) is 0 Å². The second-order valence-electron chi connectivity index (χ2n) is 2.87. The van der Waals surface area contributed by atoms with Gasteiger partial charge >= 0.3 is 12.0 Å². The Morgan fingerprint density at radius 3 is 2.93 bits per heavy atom. The minimum atomic E-state index is -0.798. The van der Waals surface area contributed by atoms with Gasteiger partial charge in [-0.1, -0.05) is 0 Å². The molecule has 15 heavy (non-hydrogen) atoms. The van der Waals surface area contributed by atoms with E-state index in [4.69, 9.17) is 5.73 Å². The van der Waals surface area contributed by atoms with E-state index in [2.05, 4.69) is 20.0 Å². The lowest BCUT2D eigenvalue weighted by molar-refractivity contribution is -0.142. The number of primary amides is 1. The van der Waals surface area contributed by atoms with Crippen LogP contribution in [0.4, 0.5) is 4.79 Å². The van der Waals surface area contributed by atoms with Gasteiger partial charge in [-0.15, -0.1) is 0 Å². The minimum Gasteiger partial charge on any atom is -0.467 e. The third-order valence-corrected chi connectivity index (χ3v) is 1.78. The largest absolute Gasteiger partial charge is 0.467 e. The summed E-state index contributed by atoms with van der Waals surface area (Å²) in [6.07, 6.45) is 3.29. The summed E-state index contributed by atoms with van der Waals surface area (Å²) in [5, 5.41) is 2.29. The van der Waals surface area contributed by atoms with Crippen LogP contribution in [0.2, 0.25) is 0 Å². The van der Waals surface area contributed by atoms with Crippen LogP contribution < -0.4 is 11.1 Å². The predicted octanol–water partition coefficient (Wildman–Crippen LogP) is -0.838. The van der Waals surface area contributed by atoms with Gasteiger partial charge in [0, 0.05) is 18.3 Å². The molecule has 1 heterocycles. The van der Waals surface area contributed by atoms with Crippen LogP contribution in [0.5, 0.6) is 0 Å². The summed E-state index contributed by atoms with van der Waals surface area (Å²) in [6, 6.07) is -1.57. The molecule has 0 aromatic carbocycles. The van der Waals surface area contributed by atoms with E-state index in [1.807, 2.05) is 0 Å². The lowest BCUT2D eigenvalue weighted by Crippen LogP contribution is -2.45. The summed E-state index contributed by atoms with van der Waals surface area (Å²) < 4.78 is 4.52. The number of nitrogens with one attached hydrogen (secondary N) is 2. The van der Waals surface area contributed by atoms with Crippen LogP contribution in [0.3, 0.4) is 0 Å². The molecule has 82 valence electrons. The number of hydrogen-bond donors (Lipinski definition) is 3. The van der Waals surface area contributed by atoms with E-state index in [1.54, 1.807) is 6.20 Å². The van der Waals surface area contributed by atoms with Crippen LogP contribution in [0.1, 0.15) is 5.69 Å². The fourth-order valence-corrected chi connectivity index (χ4v) is 1.12. The van der Waals surface area contributed by atoms with Crippen LogP contribution >= 0.6 is 0 Å². The molecule has 0 fully saturated rings. The standard InChI is InChI=1S/C8H12N4O3/c1-15-7(13)6(12-8(9)14)2-5-3-10-4-11-5/h3-4,6H,2H2,1H3,(H,10,11)(H3,9,12,14)/t6-/m0/s1. The van der Waals surface area contributed by atoms with Gasteiger partial charge in [-0.25, -0.2) is 14.6 Å². The highest BCUT2D eigenvalue weighted by Crippen LogP contribution is 1.99. The van der Waals surface area contributed by atoms with Crippen molar-refractivity contribution in [2.45, 2.75) is 12.5 Å². The first kappa shape index (κ1) is 11.0. The molecule has 0 aliphatic rings. The Kier molecular flexibility index (Phi) is 3.67. The second kappa shape index (κ2) is 4.99. The number of carbonyl (C=O) groups excluding carboxylic acids is 2. The molecule has 0 spiro atoms. The Hall–Kier alpha value is -2.05. The van der Waals surface area contributed by atoms with Gasteiger partial charge in [0.15, 0.2) is 0 Å². The highest BCUT2D eigenvalue weighted by atomic mass is 16.5. The van der Waals surface area contributed by atoms with E-state index >= 15 is 0 Å². The van der Waals surface area contributed by atoms with Gasteiger partial charge in [-0.05, 0) is 0 Å². The molecular formula is C8H12N4O3. The molecule has 7 heteroatoms. The number of aromatic amines is 1. The van der Waals surface area contributed by atoms with Crippen molar-refractivity contribution >= 4 is 12.0 Å². The zero-order valence-corrected chi connectivity index (χ0v) is 8.19. The van der Waals surface area contributed by atoms with E-state index < -0.39 is 18.0 Å². The maximum absolute atomic E-state index is 11.2. The van der Waals surface area contributed by atoms with Gasteiger partial charge in [0.1, 0.15) is 6.04 Å². The van der Waals surface area contributed by atoms with Crippen molar-refractivity contribution in [2.75, 3.05) is 7.11 Å². The topological polar surface area (TPSA) is 110 Å². The predicted molar refractivity (Wildman–Crippen MR) is 50.8 cm³/mol. The smallest absolute Gasteiger partial charge is 0.328 e. The molecule has 0 saturated carbocycles. The molecule has 1 aromatic rings. The first-order chi connectivity index (χ1) is 7.13. The van der Waals surface area contributed by atoms with Crippen molar-refractivity contribution in [3.63, 3.8) is 0 Å². The highest BCUT2D eigenvalue weighted by molar-refractivity contribution is 5.82. The number of carbonyl (C=O) groups is 2. The second-order valence-corrected chi connectivity index (χ2v) is 2.87. The number of amides is 2. The maximum Gasteiger partial charge on any atom is 0.328 e. The van der Waals surface area contributed by atoms with Crippen LogP contribution in [0.15, 0.2) is 12.5 Å². The van der Waals surface area contributed by atoms with Gasteiger partial charge < -0.3 is 20.8 Å². The first-order valence-electron chi connectivity index (χ1n) is 4.24. The number of nitrogens with zero attached hydrogens (tertiary/aromatic N) is 1.